The molecule has 3 fully saturated rings. The summed E-state index contributed by atoms with van der Waals surface area (Å²) in [6.07, 6.45) is 6.48. The number of benzene rings is 1. The summed E-state index contributed by atoms with van der Waals surface area (Å²) in [6, 6.07) is 5.61. The lowest BCUT2D eigenvalue weighted by atomic mass is 9.89. The first-order chi connectivity index (χ1) is 15.5. The zero-order valence-corrected chi connectivity index (χ0v) is 18.5. The number of nitrogens with one attached hydrogen (secondary N) is 4. The van der Waals surface area contributed by atoms with Crippen molar-refractivity contribution in [3.05, 3.63) is 29.3 Å². The molecule has 3 aliphatic rings. The Kier molecular flexibility index (Phi) is 5.82. The van der Waals surface area contributed by atoms with Gasteiger partial charge in [-0.2, -0.15) is 15.0 Å². The molecule has 2 aromatic rings. The molecule has 5 rings (SSSR count). The number of carbonyl (C=O) groups excluding carboxylic acids is 1. The maximum Gasteiger partial charge on any atom is 0.248 e. The predicted molar refractivity (Wildman–Crippen MR) is 125 cm³/mol. The van der Waals surface area contributed by atoms with Crippen LogP contribution in [0.4, 0.5) is 23.5 Å². The Morgan fingerprint density at radius 3 is 2.69 bits per heavy atom. The Hall–Kier alpha value is -2.94. The number of amides is 1. The molecule has 3 unspecified atom stereocenters. The van der Waals surface area contributed by atoms with Crippen molar-refractivity contribution in [3.8, 4) is 0 Å². The topological polar surface area (TPSA) is 130 Å². The smallest absolute Gasteiger partial charge is 0.248 e. The molecular formula is C23H32N8O. The van der Waals surface area contributed by atoms with E-state index in [4.69, 9.17) is 5.73 Å². The summed E-state index contributed by atoms with van der Waals surface area (Å²) < 4.78 is 0. The highest BCUT2D eigenvalue weighted by Crippen LogP contribution is 2.48. The summed E-state index contributed by atoms with van der Waals surface area (Å²) in [5, 5.41) is 13.5. The number of aryl methyl sites for hydroxylation is 1. The Balaban J connectivity index is 1.36. The molecule has 6 N–H and O–H groups in total. The molecule has 1 aromatic carbocycles. The van der Waals surface area contributed by atoms with Crippen molar-refractivity contribution < 1.29 is 4.79 Å². The molecule has 9 nitrogen and oxygen atoms in total. The monoisotopic (exact) mass is 436 g/mol. The van der Waals surface area contributed by atoms with Crippen LogP contribution in [0.1, 0.15) is 48.0 Å². The third kappa shape index (κ3) is 4.62. The zero-order chi connectivity index (χ0) is 22.1. The molecule has 2 saturated carbocycles. The molecule has 2 heterocycles. The summed E-state index contributed by atoms with van der Waals surface area (Å²) in [5.41, 5.74) is 7.62. The fourth-order valence-electron chi connectivity index (χ4n) is 5.42. The lowest BCUT2D eigenvalue weighted by Gasteiger charge is -2.22. The highest BCUT2D eigenvalue weighted by molar-refractivity contribution is 5.94. The predicted octanol–water partition coefficient (Wildman–Crippen LogP) is 2.64. The molecule has 32 heavy (non-hydrogen) atoms. The first-order valence-corrected chi connectivity index (χ1v) is 11.7. The lowest BCUT2D eigenvalue weighted by Crippen LogP contribution is -2.25. The Labute approximate surface area is 188 Å². The highest BCUT2D eigenvalue weighted by Gasteiger charge is 2.39. The van der Waals surface area contributed by atoms with Crippen LogP contribution in [0.15, 0.2) is 18.2 Å². The molecular weight excluding hydrogens is 404 g/mol. The van der Waals surface area contributed by atoms with Gasteiger partial charge in [-0.3, -0.25) is 4.79 Å². The number of nitrogens with zero attached hydrogens (tertiary/aromatic N) is 3. The third-order valence-electron chi connectivity index (χ3n) is 7.20. The number of carbonyl (C=O) groups is 1. The van der Waals surface area contributed by atoms with Crippen LogP contribution >= 0.6 is 0 Å². The van der Waals surface area contributed by atoms with Crippen LogP contribution in [0, 0.1) is 24.7 Å². The minimum atomic E-state index is -0.465. The molecule has 1 saturated heterocycles. The van der Waals surface area contributed by atoms with Gasteiger partial charge in [-0.1, -0.05) is 12.5 Å². The SMILES string of the molecule is Cc1ccc(C(N)=O)cc1Nc1nc(NCC2CC3CCC2C3)nc(N[C@H]2CCNC2)n1. The van der Waals surface area contributed by atoms with Crippen molar-refractivity contribution in [1.82, 2.24) is 20.3 Å². The summed E-state index contributed by atoms with van der Waals surface area (Å²) in [5.74, 6) is 3.55. The second-order valence-corrected chi connectivity index (χ2v) is 9.48. The van der Waals surface area contributed by atoms with Gasteiger partial charge < -0.3 is 27.0 Å². The van der Waals surface area contributed by atoms with Crippen LogP contribution in [0.2, 0.25) is 0 Å². The Morgan fingerprint density at radius 2 is 1.97 bits per heavy atom. The van der Waals surface area contributed by atoms with Crippen LogP contribution < -0.4 is 27.0 Å². The first-order valence-electron chi connectivity index (χ1n) is 11.7. The van der Waals surface area contributed by atoms with Gasteiger partial charge in [-0.05, 0) is 74.6 Å². The third-order valence-corrected chi connectivity index (χ3v) is 7.20. The van der Waals surface area contributed by atoms with E-state index in [1.807, 2.05) is 13.0 Å². The average molecular weight is 437 g/mol. The second-order valence-electron chi connectivity index (χ2n) is 9.48. The standard InChI is InChI=1S/C23H32N8O/c1-13-2-4-16(20(24)32)10-19(13)28-23-30-21(26-11-17-9-14-3-5-15(17)8-14)29-22(31-23)27-18-6-7-25-12-18/h2,4,10,14-15,17-18,25H,3,5-9,11-12H2,1H3,(H2,24,32)(H3,26,27,28,29,30,31)/t14?,15?,17?,18-/m0/s1. The zero-order valence-electron chi connectivity index (χ0n) is 18.5. The number of primary amides is 1. The van der Waals surface area contributed by atoms with Gasteiger partial charge in [0, 0.05) is 30.4 Å². The molecule has 9 heteroatoms. The molecule has 0 radical (unpaired) electrons. The fraction of sp³-hybridized carbons (Fsp3) is 0.565. The van der Waals surface area contributed by atoms with Crippen LogP contribution in [-0.2, 0) is 0 Å². The summed E-state index contributed by atoms with van der Waals surface area (Å²) >= 11 is 0. The number of rotatable bonds is 8. The summed E-state index contributed by atoms with van der Waals surface area (Å²) in [6.45, 7) is 4.74. The van der Waals surface area contributed by atoms with E-state index < -0.39 is 5.91 Å². The number of nitrogens with two attached hydrogens (primary N) is 1. The Bertz CT molecular complexity index is 990. The number of hydrogen-bond donors (Lipinski definition) is 5. The number of aromatic nitrogens is 3. The van der Waals surface area contributed by atoms with E-state index in [2.05, 4.69) is 36.2 Å². The maximum absolute atomic E-state index is 11.6. The van der Waals surface area contributed by atoms with E-state index in [-0.39, 0.29) is 0 Å². The fourth-order valence-corrected chi connectivity index (χ4v) is 5.42. The van der Waals surface area contributed by atoms with Crippen molar-refractivity contribution >= 4 is 29.4 Å². The van der Waals surface area contributed by atoms with Crippen molar-refractivity contribution in [2.45, 2.75) is 45.1 Å². The normalized spacial score (nSPS) is 26.3. The molecule has 4 atom stereocenters. The maximum atomic E-state index is 11.6. The molecule has 0 spiro atoms. The van der Waals surface area contributed by atoms with E-state index in [1.54, 1.807) is 12.1 Å². The molecule has 1 aliphatic heterocycles. The minimum absolute atomic E-state index is 0.295. The van der Waals surface area contributed by atoms with Gasteiger partial charge in [-0.15, -0.1) is 0 Å². The van der Waals surface area contributed by atoms with Crippen molar-refractivity contribution in [1.29, 1.82) is 0 Å². The average Bonchev–Trinajstić information content (AvgIpc) is 3.52. The van der Waals surface area contributed by atoms with E-state index in [9.17, 15) is 4.79 Å². The van der Waals surface area contributed by atoms with E-state index in [0.717, 1.165) is 49.1 Å². The van der Waals surface area contributed by atoms with Crippen LogP contribution in [-0.4, -0.2) is 46.5 Å². The van der Waals surface area contributed by atoms with Gasteiger partial charge in [0.2, 0.25) is 23.8 Å². The molecule has 170 valence electrons. The summed E-state index contributed by atoms with van der Waals surface area (Å²) in [7, 11) is 0. The molecule has 1 aromatic heterocycles. The van der Waals surface area contributed by atoms with Gasteiger partial charge in [-0.25, -0.2) is 0 Å². The quantitative estimate of drug-likeness (QED) is 0.427. The largest absolute Gasteiger partial charge is 0.366 e. The first kappa shape index (κ1) is 20.9. The van der Waals surface area contributed by atoms with Crippen LogP contribution in [0.25, 0.3) is 0 Å². The minimum Gasteiger partial charge on any atom is -0.366 e. The van der Waals surface area contributed by atoms with Gasteiger partial charge in [0.25, 0.3) is 0 Å². The van der Waals surface area contributed by atoms with E-state index in [1.165, 1.54) is 25.7 Å². The Morgan fingerprint density at radius 1 is 1.12 bits per heavy atom. The summed E-state index contributed by atoms with van der Waals surface area (Å²) in [4.78, 5) is 25.5. The molecule has 1 amide bonds. The lowest BCUT2D eigenvalue weighted by molar-refractivity contribution is 0.100. The van der Waals surface area contributed by atoms with Gasteiger partial charge >= 0.3 is 0 Å². The number of fused-ring (bicyclic) bond motifs is 2. The number of hydrogen-bond acceptors (Lipinski definition) is 8. The van der Waals surface area contributed by atoms with Crippen molar-refractivity contribution in [2.75, 3.05) is 35.6 Å². The van der Waals surface area contributed by atoms with Crippen LogP contribution in [0.3, 0.4) is 0 Å². The molecule has 2 aliphatic carbocycles. The van der Waals surface area contributed by atoms with Crippen molar-refractivity contribution in [3.63, 3.8) is 0 Å². The van der Waals surface area contributed by atoms with Crippen molar-refractivity contribution in [2.24, 2.45) is 23.5 Å². The second kappa shape index (κ2) is 8.90. The van der Waals surface area contributed by atoms with Gasteiger partial charge in [0.05, 0.1) is 0 Å². The highest BCUT2D eigenvalue weighted by atomic mass is 16.1. The van der Waals surface area contributed by atoms with Crippen LogP contribution in [0.5, 0.6) is 0 Å². The van der Waals surface area contributed by atoms with E-state index in [0.29, 0.717) is 35.4 Å². The number of anilines is 4. The van der Waals surface area contributed by atoms with Gasteiger partial charge in [0.1, 0.15) is 0 Å². The van der Waals surface area contributed by atoms with Gasteiger partial charge in [0.15, 0.2) is 0 Å². The van der Waals surface area contributed by atoms with E-state index >= 15 is 0 Å². The molecule has 2 bridgehead atoms.